The van der Waals surface area contributed by atoms with Crippen LogP contribution in [0.25, 0.3) is 0 Å². The zero-order chi connectivity index (χ0) is 12.1. The Kier molecular flexibility index (Phi) is 3.82. The lowest BCUT2D eigenvalue weighted by atomic mass is 10.0. The molecule has 0 bridgehead atoms. The highest BCUT2D eigenvalue weighted by Crippen LogP contribution is 2.35. The van der Waals surface area contributed by atoms with Gasteiger partial charge in [-0.25, -0.2) is 0 Å². The van der Waals surface area contributed by atoms with Gasteiger partial charge in [0.25, 0.3) is 0 Å². The molecule has 0 nitrogen and oxygen atoms in total. The van der Waals surface area contributed by atoms with Gasteiger partial charge in [-0.1, -0.05) is 60.7 Å². The Morgan fingerprint density at radius 1 is 0.882 bits per heavy atom. The van der Waals surface area contributed by atoms with Crippen LogP contribution in [0.1, 0.15) is 11.1 Å². The number of halogens is 1. The molecule has 0 radical (unpaired) electrons. The summed E-state index contributed by atoms with van der Waals surface area (Å²) < 4.78 is -0.371. The Hall–Kier alpha value is -1.31. The maximum Gasteiger partial charge on any atom is 0.0825 e. The van der Waals surface area contributed by atoms with Gasteiger partial charge in [-0.15, -0.1) is 23.9 Å². The van der Waals surface area contributed by atoms with Gasteiger partial charge in [0.2, 0.25) is 0 Å². The molecule has 0 fully saturated rings. The number of hydrogen-bond acceptors (Lipinski definition) is 0. The maximum atomic E-state index is 6.88. The molecule has 86 valence electrons. The normalized spacial score (nSPS) is 11.8. The van der Waals surface area contributed by atoms with Crippen LogP contribution in [-0.4, -0.2) is 9.52 Å². The summed E-state index contributed by atoms with van der Waals surface area (Å²) in [4.78, 5) is 0. The van der Waals surface area contributed by atoms with E-state index < -0.39 is 9.52 Å². The van der Waals surface area contributed by atoms with Crippen molar-refractivity contribution in [3.05, 3.63) is 84.1 Å². The van der Waals surface area contributed by atoms with Crippen LogP contribution in [0.3, 0.4) is 0 Å². The molecule has 2 rings (SSSR count). The summed E-state index contributed by atoms with van der Waals surface area (Å²) in [5.41, 5.74) is 4.34. The molecule has 0 N–H and O–H groups in total. The van der Waals surface area contributed by atoms with Crippen molar-refractivity contribution in [3.8, 4) is 0 Å². The summed E-state index contributed by atoms with van der Waals surface area (Å²) in [5, 5.41) is 0. The lowest BCUT2D eigenvalue weighted by Gasteiger charge is -2.26. The molecule has 0 unspecified atom stereocenters. The van der Waals surface area contributed by atoms with Crippen molar-refractivity contribution in [1.82, 2.24) is 0 Å². The van der Waals surface area contributed by atoms with E-state index in [1.807, 2.05) is 42.1 Å². The first-order valence-electron chi connectivity index (χ1n) is 5.68. The van der Waals surface area contributed by atoms with Crippen molar-refractivity contribution >= 4 is 21.1 Å². The second-order valence-corrected chi connectivity index (χ2v) is 7.17. The minimum atomic E-state index is -0.628. The molecular weight excluding hydrogens is 244 g/mol. The van der Waals surface area contributed by atoms with Gasteiger partial charge >= 0.3 is 0 Å². The van der Waals surface area contributed by atoms with Gasteiger partial charge in [-0.05, 0) is 11.1 Å². The molecule has 2 aromatic rings. The Morgan fingerprint density at radius 2 is 1.29 bits per heavy atom. The first-order valence-corrected chi connectivity index (χ1v) is 7.58. The van der Waals surface area contributed by atoms with Gasteiger partial charge in [-0.2, -0.15) is 0 Å². The molecule has 0 heterocycles. The van der Waals surface area contributed by atoms with Crippen LogP contribution in [0.4, 0.5) is 0 Å². The fourth-order valence-corrected chi connectivity index (χ4v) is 3.93. The molecule has 0 aliphatic rings. The minimum Gasteiger partial charge on any atom is -0.113 e. The molecule has 0 saturated carbocycles. The molecule has 0 spiro atoms. The highest BCUT2D eigenvalue weighted by atomic mass is 35.5. The fourth-order valence-electron chi connectivity index (χ4n) is 2.01. The van der Waals surface area contributed by atoms with Gasteiger partial charge in [0.1, 0.15) is 0 Å². The highest BCUT2D eigenvalue weighted by Gasteiger charge is 2.30. The Labute approximate surface area is 110 Å². The average Bonchev–Trinajstić information content (AvgIpc) is 2.41. The van der Waals surface area contributed by atoms with E-state index in [1.54, 1.807) is 0 Å². The van der Waals surface area contributed by atoms with E-state index >= 15 is 0 Å². The fraction of sp³-hybridized carbons (Fsp3) is 0.0667. The van der Waals surface area contributed by atoms with Crippen molar-refractivity contribution in [3.63, 3.8) is 0 Å². The van der Waals surface area contributed by atoms with Crippen LogP contribution in [-0.2, 0) is 4.50 Å². The number of alkyl halides is 1. The quantitative estimate of drug-likeness (QED) is 0.582. The highest BCUT2D eigenvalue weighted by molar-refractivity contribution is 6.61. The Morgan fingerprint density at radius 3 is 1.65 bits per heavy atom. The van der Waals surface area contributed by atoms with Crippen LogP contribution in [0, 0.1) is 0 Å². The second kappa shape index (κ2) is 5.35. The third-order valence-electron chi connectivity index (χ3n) is 2.89. The molecule has 2 aromatic carbocycles. The molecule has 0 aliphatic heterocycles. The van der Waals surface area contributed by atoms with E-state index in [0.29, 0.717) is 0 Å². The van der Waals surface area contributed by atoms with E-state index in [0.717, 1.165) is 0 Å². The van der Waals surface area contributed by atoms with Crippen LogP contribution < -0.4 is 0 Å². The largest absolute Gasteiger partial charge is 0.113 e. The maximum absolute atomic E-state index is 6.88. The minimum absolute atomic E-state index is 0.371. The van der Waals surface area contributed by atoms with E-state index in [9.17, 15) is 0 Å². The summed E-state index contributed by atoms with van der Waals surface area (Å²) in [7, 11) is -0.628. The predicted octanol–water partition coefficient (Wildman–Crippen LogP) is 3.44. The molecule has 0 aromatic heterocycles. The van der Waals surface area contributed by atoms with E-state index in [1.165, 1.54) is 11.1 Å². The molecule has 0 saturated heterocycles. The third-order valence-corrected chi connectivity index (χ3v) is 5.46. The molecule has 0 aliphatic carbocycles. The molecule has 17 heavy (non-hydrogen) atoms. The van der Waals surface area contributed by atoms with Gasteiger partial charge in [-0.3, -0.25) is 0 Å². The summed E-state index contributed by atoms with van der Waals surface area (Å²) in [6.45, 7) is 3.87. The van der Waals surface area contributed by atoms with Crippen molar-refractivity contribution in [2.24, 2.45) is 0 Å². The summed E-state index contributed by atoms with van der Waals surface area (Å²) in [5.74, 6) is 0. The Balaban J connectivity index is 2.50. The smallest absolute Gasteiger partial charge is 0.0825 e. The molecule has 0 atom stereocenters. The first-order chi connectivity index (χ1) is 8.27. The molecule has 0 amide bonds. The lowest BCUT2D eigenvalue weighted by molar-refractivity contribution is 1.03. The van der Waals surface area contributed by atoms with Crippen LogP contribution in [0.5, 0.6) is 0 Å². The van der Waals surface area contributed by atoms with Gasteiger partial charge < -0.3 is 0 Å². The lowest BCUT2D eigenvalue weighted by Crippen LogP contribution is -2.27. The average molecular weight is 259 g/mol. The first kappa shape index (κ1) is 12.2. The van der Waals surface area contributed by atoms with Crippen LogP contribution >= 0.6 is 11.6 Å². The zero-order valence-electron chi connectivity index (χ0n) is 9.64. The van der Waals surface area contributed by atoms with Crippen molar-refractivity contribution in [2.75, 3.05) is 0 Å². The van der Waals surface area contributed by atoms with Gasteiger partial charge in [0.05, 0.1) is 14.0 Å². The van der Waals surface area contributed by atoms with E-state index in [-0.39, 0.29) is 4.50 Å². The SMILES string of the molecule is C=C[SiH2]C(Cl)(c1ccccc1)c1ccccc1. The zero-order valence-corrected chi connectivity index (χ0v) is 11.8. The number of hydrogen-bond donors (Lipinski definition) is 0. The van der Waals surface area contributed by atoms with Gasteiger partial charge in [0.15, 0.2) is 0 Å². The monoisotopic (exact) mass is 258 g/mol. The second-order valence-electron chi connectivity index (χ2n) is 4.03. The van der Waals surface area contributed by atoms with E-state index in [4.69, 9.17) is 11.6 Å². The van der Waals surface area contributed by atoms with Crippen LogP contribution in [0.15, 0.2) is 72.9 Å². The van der Waals surface area contributed by atoms with Crippen LogP contribution in [0.2, 0.25) is 0 Å². The number of benzene rings is 2. The third kappa shape index (κ3) is 2.51. The summed E-state index contributed by atoms with van der Waals surface area (Å²) in [6, 6.07) is 20.5. The molecular formula is C15H15ClSi. The van der Waals surface area contributed by atoms with Gasteiger partial charge in [0, 0.05) is 0 Å². The number of rotatable bonds is 4. The van der Waals surface area contributed by atoms with Crippen molar-refractivity contribution < 1.29 is 0 Å². The summed E-state index contributed by atoms with van der Waals surface area (Å²) in [6.07, 6.45) is 0. The van der Waals surface area contributed by atoms with E-state index in [2.05, 4.69) is 30.8 Å². The van der Waals surface area contributed by atoms with Crippen molar-refractivity contribution in [2.45, 2.75) is 4.50 Å². The molecule has 2 heteroatoms. The van der Waals surface area contributed by atoms with Crippen molar-refractivity contribution in [1.29, 1.82) is 0 Å². The Bertz CT molecular complexity index is 439. The predicted molar refractivity (Wildman–Crippen MR) is 78.3 cm³/mol. The standard InChI is InChI=1S/C15H15ClSi/c1-2-17-15(16,13-9-5-3-6-10-13)14-11-7-4-8-12-14/h2-12H,1,17H2. The topological polar surface area (TPSA) is 0 Å². The summed E-state index contributed by atoms with van der Waals surface area (Å²) >= 11 is 6.88.